The quantitative estimate of drug-likeness (QED) is 0.394. The number of benzene rings is 1. The van der Waals surface area contributed by atoms with Crippen LogP contribution in [0.4, 0.5) is 0 Å². The average Bonchev–Trinajstić information content (AvgIpc) is 2.29. The standard InChI is InChI=1S/C10H12ClN3O2/c11-8-3-1-7(2-4-8)5-9(15)13-6-10(16)14-12/h1-4H,5-6,12H2,(H,13,15)(H,14,16). The van der Waals surface area contributed by atoms with E-state index in [-0.39, 0.29) is 18.9 Å². The van der Waals surface area contributed by atoms with Gasteiger partial charge < -0.3 is 5.32 Å². The molecule has 0 spiro atoms. The molecule has 0 aliphatic heterocycles. The summed E-state index contributed by atoms with van der Waals surface area (Å²) in [5.74, 6) is 4.18. The Balaban J connectivity index is 2.40. The molecule has 1 aromatic rings. The topological polar surface area (TPSA) is 84.2 Å². The summed E-state index contributed by atoms with van der Waals surface area (Å²) in [5.41, 5.74) is 2.75. The molecular formula is C10H12ClN3O2. The van der Waals surface area contributed by atoms with E-state index in [1.165, 1.54) is 0 Å². The van der Waals surface area contributed by atoms with Crippen LogP contribution in [0, 0.1) is 0 Å². The lowest BCUT2D eigenvalue weighted by molar-refractivity contribution is -0.125. The van der Waals surface area contributed by atoms with Gasteiger partial charge in [-0.2, -0.15) is 0 Å². The van der Waals surface area contributed by atoms with Crippen LogP contribution in [0.25, 0.3) is 0 Å². The van der Waals surface area contributed by atoms with E-state index in [1.54, 1.807) is 24.3 Å². The number of nitrogens with one attached hydrogen (secondary N) is 2. The van der Waals surface area contributed by atoms with Crippen LogP contribution in [-0.2, 0) is 16.0 Å². The summed E-state index contributed by atoms with van der Waals surface area (Å²) < 4.78 is 0. The molecule has 6 heteroatoms. The van der Waals surface area contributed by atoms with Crippen molar-refractivity contribution in [2.75, 3.05) is 6.54 Å². The molecule has 5 nitrogen and oxygen atoms in total. The van der Waals surface area contributed by atoms with Crippen LogP contribution in [0.15, 0.2) is 24.3 Å². The number of amides is 2. The van der Waals surface area contributed by atoms with Crippen LogP contribution in [0.3, 0.4) is 0 Å². The summed E-state index contributed by atoms with van der Waals surface area (Å²) in [6.07, 6.45) is 0.203. The second-order valence-corrected chi connectivity index (χ2v) is 3.58. The zero-order valence-electron chi connectivity index (χ0n) is 8.50. The minimum Gasteiger partial charge on any atom is -0.347 e. The van der Waals surface area contributed by atoms with Gasteiger partial charge in [0, 0.05) is 5.02 Å². The molecule has 1 rings (SSSR count). The number of halogens is 1. The molecule has 0 bridgehead atoms. The Morgan fingerprint density at radius 3 is 2.38 bits per heavy atom. The Bertz CT molecular complexity index is 378. The van der Waals surface area contributed by atoms with Crippen molar-refractivity contribution in [3.63, 3.8) is 0 Å². The van der Waals surface area contributed by atoms with Gasteiger partial charge in [-0.25, -0.2) is 5.84 Å². The fourth-order valence-corrected chi connectivity index (χ4v) is 1.21. The SMILES string of the molecule is NNC(=O)CNC(=O)Cc1ccc(Cl)cc1. The molecule has 0 aliphatic carbocycles. The Kier molecular flexibility index (Phi) is 4.75. The molecule has 0 atom stereocenters. The van der Waals surface area contributed by atoms with E-state index in [9.17, 15) is 9.59 Å². The molecule has 0 unspecified atom stereocenters. The first-order valence-corrected chi connectivity index (χ1v) is 5.00. The molecule has 0 saturated carbocycles. The minimum atomic E-state index is -0.440. The van der Waals surface area contributed by atoms with Crippen LogP contribution >= 0.6 is 11.6 Å². The third kappa shape index (κ3) is 4.29. The zero-order valence-corrected chi connectivity index (χ0v) is 9.25. The monoisotopic (exact) mass is 241 g/mol. The highest BCUT2D eigenvalue weighted by Crippen LogP contribution is 2.09. The van der Waals surface area contributed by atoms with Crippen LogP contribution in [0.1, 0.15) is 5.56 Å². The fourth-order valence-electron chi connectivity index (χ4n) is 1.08. The molecule has 0 heterocycles. The van der Waals surface area contributed by atoms with Crippen LogP contribution in [0.2, 0.25) is 5.02 Å². The predicted molar refractivity (Wildman–Crippen MR) is 60.5 cm³/mol. The van der Waals surface area contributed by atoms with Gasteiger partial charge in [0.1, 0.15) is 0 Å². The second-order valence-electron chi connectivity index (χ2n) is 3.15. The van der Waals surface area contributed by atoms with Gasteiger partial charge in [0.2, 0.25) is 5.91 Å². The van der Waals surface area contributed by atoms with Crippen molar-refractivity contribution in [1.29, 1.82) is 0 Å². The molecule has 2 amide bonds. The maximum atomic E-state index is 11.4. The fraction of sp³-hybridized carbons (Fsp3) is 0.200. The minimum absolute atomic E-state index is 0.122. The van der Waals surface area contributed by atoms with Crippen molar-refractivity contribution in [3.8, 4) is 0 Å². The Morgan fingerprint density at radius 1 is 1.19 bits per heavy atom. The lowest BCUT2D eigenvalue weighted by Gasteiger charge is -2.04. The summed E-state index contributed by atoms with van der Waals surface area (Å²) in [4.78, 5) is 22.1. The number of nitrogens with two attached hydrogens (primary N) is 1. The van der Waals surface area contributed by atoms with Crippen LogP contribution in [-0.4, -0.2) is 18.4 Å². The van der Waals surface area contributed by atoms with Crippen LogP contribution < -0.4 is 16.6 Å². The second kappa shape index (κ2) is 6.09. The maximum Gasteiger partial charge on any atom is 0.253 e. The summed E-state index contributed by atoms with van der Waals surface area (Å²) in [6, 6.07) is 6.92. The van der Waals surface area contributed by atoms with Gasteiger partial charge in [-0.15, -0.1) is 0 Å². The summed E-state index contributed by atoms with van der Waals surface area (Å²) in [6.45, 7) is -0.122. The first-order valence-electron chi connectivity index (χ1n) is 4.62. The molecule has 0 aliphatic rings. The highest BCUT2D eigenvalue weighted by Gasteiger charge is 2.05. The molecule has 16 heavy (non-hydrogen) atoms. The molecule has 0 saturated heterocycles. The average molecular weight is 242 g/mol. The summed E-state index contributed by atoms with van der Waals surface area (Å²) >= 11 is 5.70. The maximum absolute atomic E-state index is 11.4. The number of hydrogen-bond acceptors (Lipinski definition) is 3. The lowest BCUT2D eigenvalue weighted by Crippen LogP contribution is -2.40. The van der Waals surface area contributed by atoms with Crippen molar-refractivity contribution in [2.24, 2.45) is 5.84 Å². The largest absolute Gasteiger partial charge is 0.347 e. The van der Waals surface area contributed by atoms with Crippen molar-refractivity contribution >= 4 is 23.4 Å². The van der Waals surface area contributed by atoms with E-state index in [2.05, 4.69) is 5.32 Å². The molecule has 0 fully saturated rings. The van der Waals surface area contributed by atoms with Crippen molar-refractivity contribution in [1.82, 2.24) is 10.7 Å². The van der Waals surface area contributed by atoms with E-state index in [4.69, 9.17) is 17.4 Å². The molecule has 0 aromatic heterocycles. The highest BCUT2D eigenvalue weighted by molar-refractivity contribution is 6.30. The zero-order chi connectivity index (χ0) is 12.0. The van der Waals surface area contributed by atoms with Gasteiger partial charge in [0.05, 0.1) is 13.0 Å². The number of hydrazine groups is 1. The normalized spacial score (nSPS) is 9.62. The predicted octanol–water partition coefficient (Wildman–Crippen LogP) is -0.0114. The number of rotatable bonds is 4. The lowest BCUT2D eigenvalue weighted by atomic mass is 10.1. The van der Waals surface area contributed by atoms with Gasteiger partial charge in [0.15, 0.2) is 0 Å². The van der Waals surface area contributed by atoms with Crippen LogP contribution in [0.5, 0.6) is 0 Å². The molecule has 86 valence electrons. The van der Waals surface area contributed by atoms with E-state index >= 15 is 0 Å². The van der Waals surface area contributed by atoms with Gasteiger partial charge in [-0.3, -0.25) is 15.0 Å². The van der Waals surface area contributed by atoms with Gasteiger partial charge >= 0.3 is 0 Å². The number of carbonyl (C=O) groups excluding carboxylic acids is 2. The van der Waals surface area contributed by atoms with Gasteiger partial charge in [-0.1, -0.05) is 23.7 Å². The van der Waals surface area contributed by atoms with Gasteiger partial charge in [0.25, 0.3) is 5.91 Å². The first kappa shape index (κ1) is 12.5. The highest BCUT2D eigenvalue weighted by atomic mass is 35.5. The van der Waals surface area contributed by atoms with E-state index in [0.717, 1.165) is 5.56 Å². The Hall–Kier alpha value is -1.59. The van der Waals surface area contributed by atoms with E-state index < -0.39 is 5.91 Å². The van der Waals surface area contributed by atoms with Gasteiger partial charge in [-0.05, 0) is 17.7 Å². The number of carbonyl (C=O) groups is 2. The van der Waals surface area contributed by atoms with E-state index in [1.807, 2.05) is 5.43 Å². The van der Waals surface area contributed by atoms with Crippen molar-refractivity contribution in [3.05, 3.63) is 34.9 Å². The van der Waals surface area contributed by atoms with Crippen molar-refractivity contribution < 1.29 is 9.59 Å². The van der Waals surface area contributed by atoms with Crippen molar-refractivity contribution in [2.45, 2.75) is 6.42 Å². The number of hydrogen-bond donors (Lipinski definition) is 3. The molecule has 1 aromatic carbocycles. The third-order valence-corrected chi connectivity index (χ3v) is 2.14. The smallest absolute Gasteiger partial charge is 0.253 e. The molecular weight excluding hydrogens is 230 g/mol. The first-order chi connectivity index (χ1) is 7.61. The van der Waals surface area contributed by atoms with E-state index in [0.29, 0.717) is 5.02 Å². The summed E-state index contributed by atoms with van der Waals surface area (Å²) in [5, 5.41) is 3.05. The Labute approximate surface area is 97.9 Å². The molecule has 4 N–H and O–H groups in total. The summed E-state index contributed by atoms with van der Waals surface area (Å²) in [7, 11) is 0. The molecule has 0 radical (unpaired) electrons. The Morgan fingerprint density at radius 2 is 1.81 bits per heavy atom. The third-order valence-electron chi connectivity index (χ3n) is 1.89.